The van der Waals surface area contributed by atoms with Crippen molar-refractivity contribution in [2.24, 2.45) is 0 Å². The molecule has 0 fully saturated rings. The first kappa shape index (κ1) is 26.5. The van der Waals surface area contributed by atoms with Crippen molar-refractivity contribution in [3.05, 3.63) is 151 Å². The molecule has 0 radical (unpaired) electrons. The third-order valence-corrected chi connectivity index (χ3v) is 8.81. The Hall–Kier alpha value is -5.95. The fraction of sp³-hybridized carbons (Fsp3) is 0.0513. The number of hydrogen-bond donors (Lipinski definition) is 0. The van der Waals surface area contributed by atoms with Crippen LogP contribution in [0.1, 0.15) is 18.2 Å². The summed E-state index contributed by atoms with van der Waals surface area (Å²) in [6, 6.07) is 37.6. The van der Waals surface area contributed by atoms with Gasteiger partial charge in [-0.3, -0.25) is 4.57 Å². The van der Waals surface area contributed by atoms with Crippen molar-refractivity contribution in [3.63, 3.8) is 0 Å². The number of benzene rings is 5. The fourth-order valence-electron chi connectivity index (χ4n) is 6.73. The van der Waals surface area contributed by atoms with Crippen LogP contribution in [0.3, 0.4) is 0 Å². The molecule has 0 spiro atoms. The highest BCUT2D eigenvalue weighted by Crippen LogP contribution is 2.41. The lowest BCUT2D eigenvalue weighted by molar-refractivity contribution is 0.628. The molecule has 0 amide bonds. The zero-order valence-corrected chi connectivity index (χ0v) is 24.5. The summed E-state index contributed by atoms with van der Waals surface area (Å²) >= 11 is 0. The molecule has 0 aliphatic heterocycles. The lowest BCUT2D eigenvalue weighted by Gasteiger charge is -2.16. The van der Waals surface area contributed by atoms with Gasteiger partial charge in [0.05, 0.1) is 22.1 Å². The van der Waals surface area contributed by atoms with Crippen LogP contribution in [-0.2, 0) is 0 Å². The zero-order valence-electron chi connectivity index (χ0n) is 24.5. The first-order valence-electron chi connectivity index (χ1n) is 15.2. The SMILES string of the molecule is FC1=CCC(c2nc(-c3ccc(F)cc3)nc(-n3c4ccccc4c4c3ccc3c5ccccc5n(-c5ccccc5)c34)n2)C=C1. The van der Waals surface area contributed by atoms with Crippen molar-refractivity contribution in [2.75, 3.05) is 0 Å². The van der Waals surface area contributed by atoms with E-state index >= 15 is 0 Å². The summed E-state index contributed by atoms with van der Waals surface area (Å²) < 4.78 is 32.3. The summed E-state index contributed by atoms with van der Waals surface area (Å²) in [5.74, 6) is 0.545. The van der Waals surface area contributed by atoms with Crippen LogP contribution in [0, 0.1) is 5.82 Å². The minimum atomic E-state index is -0.339. The van der Waals surface area contributed by atoms with Gasteiger partial charge < -0.3 is 4.57 Å². The van der Waals surface area contributed by atoms with Crippen molar-refractivity contribution < 1.29 is 8.78 Å². The molecule has 0 saturated carbocycles. The van der Waals surface area contributed by atoms with Gasteiger partial charge in [0.25, 0.3) is 0 Å². The van der Waals surface area contributed by atoms with Crippen LogP contribution >= 0.6 is 0 Å². The molecule has 1 unspecified atom stereocenters. The molecular formula is C39H25F2N5. The predicted octanol–water partition coefficient (Wildman–Crippen LogP) is 9.77. The van der Waals surface area contributed by atoms with Crippen LogP contribution in [0.2, 0.25) is 0 Å². The molecule has 46 heavy (non-hydrogen) atoms. The number of hydrogen-bond acceptors (Lipinski definition) is 3. The van der Waals surface area contributed by atoms with Crippen LogP contribution in [0.4, 0.5) is 8.78 Å². The molecule has 3 aromatic heterocycles. The Morgan fingerprint density at radius 2 is 1.33 bits per heavy atom. The minimum Gasteiger partial charge on any atom is -0.309 e. The van der Waals surface area contributed by atoms with Gasteiger partial charge in [-0.25, -0.2) is 13.8 Å². The van der Waals surface area contributed by atoms with Gasteiger partial charge in [0, 0.05) is 38.7 Å². The molecular weight excluding hydrogens is 576 g/mol. The lowest BCUT2D eigenvalue weighted by atomic mass is 9.99. The quantitative estimate of drug-likeness (QED) is 0.202. The van der Waals surface area contributed by atoms with E-state index in [1.807, 2.05) is 12.1 Å². The summed E-state index contributed by atoms with van der Waals surface area (Å²) in [5.41, 5.74) is 5.86. The molecule has 0 saturated heterocycles. The van der Waals surface area contributed by atoms with Crippen LogP contribution in [0.5, 0.6) is 0 Å². The number of aromatic nitrogens is 5. The lowest BCUT2D eigenvalue weighted by Crippen LogP contribution is -2.11. The molecule has 3 heterocycles. The van der Waals surface area contributed by atoms with Gasteiger partial charge in [-0.1, -0.05) is 66.7 Å². The third kappa shape index (κ3) is 4.09. The Morgan fingerprint density at radius 3 is 2.09 bits per heavy atom. The van der Waals surface area contributed by atoms with E-state index in [1.165, 1.54) is 23.6 Å². The molecule has 9 rings (SSSR count). The Morgan fingerprint density at radius 1 is 0.609 bits per heavy atom. The monoisotopic (exact) mass is 601 g/mol. The van der Waals surface area contributed by atoms with Crippen LogP contribution in [0.15, 0.2) is 139 Å². The van der Waals surface area contributed by atoms with E-state index in [-0.39, 0.29) is 17.6 Å². The first-order valence-corrected chi connectivity index (χ1v) is 15.2. The largest absolute Gasteiger partial charge is 0.309 e. The van der Waals surface area contributed by atoms with E-state index in [0.717, 1.165) is 43.9 Å². The molecule has 7 heteroatoms. The summed E-state index contributed by atoms with van der Waals surface area (Å²) in [5, 5.41) is 4.47. The molecule has 8 aromatic rings. The Bertz CT molecular complexity index is 2520. The second-order valence-corrected chi connectivity index (χ2v) is 11.5. The zero-order chi connectivity index (χ0) is 30.8. The predicted molar refractivity (Wildman–Crippen MR) is 180 cm³/mol. The number of halogens is 2. The molecule has 1 atom stereocenters. The van der Waals surface area contributed by atoms with Crippen molar-refractivity contribution in [3.8, 4) is 23.0 Å². The highest BCUT2D eigenvalue weighted by molar-refractivity contribution is 6.26. The van der Waals surface area contributed by atoms with E-state index in [4.69, 9.17) is 15.0 Å². The standard InChI is InChI=1S/C39H25F2N5/c40-26-18-14-24(15-19-26)37-42-38(25-16-20-27(41)21-17-25)44-39(43-37)46-33-13-7-5-11-31(33)35-34(46)23-22-30-29-10-4-6-12-32(29)45(36(30)35)28-8-2-1-3-9-28/h1-16,18-23,25H,17H2. The molecule has 220 valence electrons. The van der Waals surface area contributed by atoms with Gasteiger partial charge in [-0.2, -0.15) is 9.97 Å². The Balaban J connectivity index is 1.39. The molecule has 1 aliphatic carbocycles. The van der Waals surface area contributed by atoms with Gasteiger partial charge in [0.15, 0.2) is 5.82 Å². The molecule has 5 nitrogen and oxygen atoms in total. The second kappa shape index (κ2) is 10.3. The summed E-state index contributed by atoms with van der Waals surface area (Å²) in [6.07, 6.45) is 5.22. The molecule has 0 N–H and O–H groups in total. The maximum atomic E-state index is 13.9. The second-order valence-electron chi connectivity index (χ2n) is 11.5. The Kier molecular flexibility index (Phi) is 5.93. The van der Waals surface area contributed by atoms with Gasteiger partial charge in [0.2, 0.25) is 5.95 Å². The highest BCUT2D eigenvalue weighted by Gasteiger charge is 2.24. The van der Waals surface area contributed by atoms with E-state index in [9.17, 15) is 8.78 Å². The Labute approximate surface area is 262 Å². The average molecular weight is 602 g/mol. The average Bonchev–Trinajstić information content (AvgIpc) is 3.62. The highest BCUT2D eigenvalue weighted by atomic mass is 19.1. The van der Waals surface area contributed by atoms with Crippen LogP contribution < -0.4 is 0 Å². The van der Waals surface area contributed by atoms with Crippen molar-refractivity contribution in [1.82, 2.24) is 24.1 Å². The molecule has 5 aromatic carbocycles. The topological polar surface area (TPSA) is 48.5 Å². The van der Waals surface area contributed by atoms with Gasteiger partial charge >= 0.3 is 0 Å². The third-order valence-electron chi connectivity index (χ3n) is 8.81. The molecule has 0 bridgehead atoms. The maximum absolute atomic E-state index is 13.9. The van der Waals surface area contributed by atoms with Crippen LogP contribution in [0.25, 0.3) is 66.6 Å². The number of nitrogens with zero attached hydrogens (tertiary/aromatic N) is 5. The van der Waals surface area contributed by atoms with Gasteiger partial charge in [-0.15, -0.1) is 0 Å². The van der Waals surface area contributed by atoms with E-state index in [0.29, 0.717) is 29.6 Å². The number of allylic oxidation sites excluding steroid dienone is 4. The van der Waals surface area contributed by atoms with Gasteiger partial charge in [-0.05, 0) is 73.2 Å². The van der Waals surface area contributed by atoms with Crippen molar-refractivity contribution in [2.45, 2.75) is 12.3 Å². The normalized spacial score (nSPS) is 14.9. The number of fused-ring (bicyclic) bond motifs is 7. The summed E-state index contributed by atoms with van der Waals surface area (Å²) in [6.45, 7) is 0. The maximum Gasteiger partial charge on any atom is 0.238 e. The van der Waals surface area contributed by atoms with Gasteiger partial charge in [0.1, 0.15) is 17.5 Å². The molecule has 1 aliphatic rings. The fourth-order valence-corrected chi connectivity index (χ4v) is 6.73. The first-order chi connectivity index (χ1) is 22.6. The van der Waals surface area contributed by atoms with Crippen molar-refractivity contribution in [1.29, 1.82) is 0 Å². The van der Waals surface area contributed by atoms with Crippen LogP contribution in [-0.4, -0.2) is 24.1 Å². The summed E-state index contributed by atoms with van der Waals surface area (Å²) in [4.78, 5) is 14.8. The summed E-state index contributed by atoms with van der Waals surface area (Å²) in [7, 11) is 0. The van der Waals surface area contributed by atoms with E-state index in [1.54, 1.807) is 24.3 Å². The van der Waals surface area contributed by atoms with E-state index < -0.39 is 0 Å². The van der Waals surface area contributed by atoms with Crippen molar-refractivity contribution >= 4 is 43.6 Å². The smallest absolute Gasteiger partial charge is 0.238 e. The number of para-hydroxylation sites is 3. The minimum absolute atomic E-state index is 0.235. The number of rotatable bonds is 4. The van der Waals surface area contributed by atoms with E-state index in [2.05, 4.69) is 88.0 Å².